The number of non-ortho nitro benzene ring substituents is 1. The second-order valence-corrected chi connectivity index (χ2v) is 4.68. The number of hydrogen-bond acceptors (Lipinski definition) is 4. The van der Waals surface area contributed by atoms with Crippen molar-refractivity contribution in [3.05, 3.63) is 57.9 Å². The molecule has 3 rings (SSSR count). The molecule has 6 nitrogen and oxygen atoms in total. The lowest BCUT2D eigenvalue weighted by atomic mass is 10.2. The number of rotatable bonds is 3. The summed E-state index contributed by atoms with van der Waals surface area (Å²) in [4.78, 5) is 12.5. The van der Waals surface area contributed by atoms with E-state index in [0.29, 0.717) is 0 Å². The first-order valence-corrected chi connectivity index (χ1v) is 6.19. The Labute approximate surface area is 110 Å². The standard InChI is InChI=1S/C13H14N4O2/c18-17(19)12-3-1-11(2-4-12)9-15-7-8-16-13(10-15)5-6-14-16/h1-6H,7-10H2. The molecule has 0 saturated carbocycles. The van der Waals surface area contributed by atoms with Crippen LogP contribution in [0.2, 0.25) is 0 Å². The molecular weight excluding hydrogens is 244 g/mol. The summed E-state index contributed by atoms with van der Waals surface area (Å²) >= 11 is 0. The Kier molecular flexibility index (Phi) is 3.00. The number of fused-ring (bicyclic) bond motifs is 1. The van der Waals surface area contributed by atoms with Gasteiger partial charge >= 0.3 is 0 Å². The first-order valence-electron chi connectivity index (χ1n) is 6.19. The third kappa shape index (κ3) is 2.48. The van der Waals surface area contributed by atoms with E-state index in [1.165, 1.54) is 5.69 Å². The van der Waals surface area contributed by atoms with Gasteiger partial charge in [-0.1, -0.05) is 12.1 Å². The molecule has 1 aliphatic rings. The van der Waals surface area contributed by atoms with Crippen molar-refractivity contribution in [3.63, 3.8) is 0 Å². The van der Waals surface area contributed by atoms with Crippen LogP contribution in [0.25, 0.3) is 0 Å². The molecule has 19 heavy (non-hydrogen) atoms. The molecule has 0 bridgehead atoms. The van der Waals surface area contributed by atoms with Crippen molar-refractivity contribution in [2.45, 2.75) is 19.6 Å². The van der Waals surface area contributed by atoms with Crippen LogP contribution >= 0.6 is 0 Å². The van der Waals surface area contributed by atoms with Crippen LogP contribution < -0.4 is 0 Å². The van der Waals surface area contributed by atoms with E-state index in [4.69, 9.17) is 0 Å². The minimum atomic E-state index is -0.372. The molecule has 0 aliphatic carbocycles. The van der Waals surface area contributed by atoms with E-state index in [1.807, 2.05) is 29.1 Å². The van der Waals surface area contributed by atoms with Crippen LogP contribution in [0.3, 0.4) is 0 Å². The summed E-state index contributed by atoms with van der Waals surface area (Å²) in [5.41, 5.74) is 2.45. The Bertz CT molecular complexity index is 591. The Morgan fingerprint density at radius 3 is 2.74 bits per heavy atom. The van der Waals surface area contributed by atoms with Gasteiger partial charge in [0.2, 0.25) is 0 Å². The first kappa shape index (κ1) is 11.9. The maximum atomic E-state index is 10.6. The molecule has 2 aromatic rings. The molecule has 0 saturated heterocycles. The SMILES string of the molecule is O=[N+]([O-])c1ccc(CN2CCn3nccc3C2)cc1. The van der Waals surface area contributed by atoms with Gasteiger partial charge in [0, 0.05) is 38.0 Å². The highest BCUT2D eigenvalue weighted by atomic mass is 16.6. The average Bonchev–Trinajstić information content (AvgIpc) is 2.87. The van der Waals surface area contributed by atoms with Crippen LogP contribution in [0.5, 0.6) is 0 Å². The average molecular weight is 258 g/mol. The highest BCUT2D eigenvalue weighted by Crippen LogP contribution is 2.17. The zero-order valence-corrected chi connectivity index (χ0v) is 10.4. The minimum absolute atomic E-state index is 0.139. The summed E-state index contributed by atoms with van der Waals surface area (Å²) in [6.07, 6.45) is 1.82. The molecule has 0 amide bonds. The zero-order valence-electron chi connectivity index (χ0n) is 10.4. The fourth-order valence-corrected chi connectivity index (χ4v) is 2.36. The predicted molar refractivity (Wildman–Crippen MR) is 69.4 cm³/mol. The van der Waals surface area contributed by atoms with Gasteiger partial charge in [0.25, 0.3) is 5.69 Å². The minimum Gasteiger partial charge on any atom is -0.291 e. The van der Waals surface area contributed by atoms with E-state index < -0.39 is 0 Å². The first-order chi connectivity index (χ1) is 9.22. The van der Waals surface area contributed by atoms with Crippen LogP contribution in [0, 0.1) is 10.1 Å². The van der Waals surface area contributed by atoms with Gasteiger partial charge in [0.15, 0.2) is 0 Å². The smallest absolute Gasteiger partial charge is 0.269 e. The third-order valence-electron chi connectivity index (χ3n) is 3.37. The molecule has 0 fully saturated rings. The number of nitro groups is 1. The van der Waals surface area contributed by atoms with Crippen molar-refractivity contribution in [2.24, 2.45) is 0 Å². The lowest BCUT2D eigenvalue weighted by molar-refractivity contribution is -0.384. The van der Waals surface area contributed by atoms with E-state index in [1.54, 1.807) is 12.1 Å². The summed E-state index contributed by atoms with van der Waals surface area (Å²) < 4.78 is 2.02. The van der Waals surface area contributed by atoms with Crippen molar-refractivity contribution in [2.75, 3.05) is 6.54 Å². The van der Waals surface area contributed by atoms with Crippen molar-refractivity contribution < 1.29 is 4.92 Å². The fraction of sp³-hybridized carbons (Fsp3) is 0.308. The van der Waals surface area contributed by atoms with Gasteiger partial charge in [-0.05, 0) is 11.6 Å². The maximum Gasteiger partial charge on any atom is 0.269 e. The quantitative estimate of drug-likeness (QED) is 0.622. The second-order valence-electron chi connectivity index (χ2n) is 4.68. The van der Waals surface area contributed by atoms with Crippen molar-refractivity contribution in [1.29, 1.82) is 0 Å². The summed E-state index contributed by atoms with van der Waals surface area (Å²) in [5, 5.41) is 14.8. The van der Waals surface area contributed by atoms with Gasteiger partial charge < -0.3 is 0 Å². The Balaban J connectivity index is 1.68. The van der Waals surface area contributed by atoms with Gasteiger partial charge in [-0.15, -0.1) is 0 Å². The van der Waals surface area contributed by atoms with Crippen LogP contribution in [-0.4, -0.2) is 26.1 Å². The molecule has 0 unspecified atom stereocenters. The Hall–Kier alpha value is -2.21. The van der Waals surface area contributed by atoms with Crippen LogP contribution in [0.15, 0.2) is 36.5 Å². The molecule has 98 valence electrons. The summed E-state index contributed by atoms with van der Waals surface area (Å²) in [7, 11) is 0. The van der Waals surface area contributed by atoms with Crippen LogP contribution in [0.4, 0.5) is 5.69 Å². The lowest BCUT2D eigenvalue weighted by Crippen LogP contribution is -2.33. The topological polar surface area (TPSA) is 64.2 Å². The van der Waals surface area contributed by atoms with Gasteiger partial charge in [-0.25, -0.2) is 0 Å². The molecule has 1 aromatic heterocycles. The van der Waals surface area contributed by atoms with E-state index in [2.05, 4.69) is 10.00 Å². The van der Waals surface area contributed by atoms with Gasteiger partial charge in [0.05, 0.1) is 17.2 Å². The van der Waals surface area contributed by atoms with E-state index in [9.17, 15) is 10.1 Å². The second kappa shape index (κ2) is 4.81. The lowest BCUT2D eigenvalue weighted by Gasteiger charge is -2.27. The number of nitrogens with zero attached hydrogens (tertiary/aromatic N) is 4. The monoisotopic (exact) mass is 258 g/mol. The summed E-state index contributed by atoms with van der Waals surface area (Å²) in [5.74, 6) is 0. The fourth-order valence-electron chi connectivity index (χ4n) is 2.36. The highest BCUT2D eigenvalue weighted by molar-refractivity contribution is 5.32. The molecule has 6 heteroatoms. The molecule has 1 aliphatic heterocycles. The summed E-state index contributed by atoms with van der Waals surface area (Å²) in [6, 6.07) is 8.79. The van der Waals surface area contributed by atoms with Crippen molar-refractivity contribution in [1.82, 2.24) is 14.7 Å². The largest absolute Gasteiger partial charge is 0.291 e. The van der Waals surface area contributed by atoms with Crippen LogP contribution in [-0.2, 0) is 19.6 Å². The molecule has 0 spiro atoms. The normalized spacial score (nSPS) is 15.2. The zero-order chi connectivity index (χ0) is 13.2. The van der Waals surface area contributed by atoms with Gasteiger partial charge in [0.1, 0.15) is 0 Å². The molecule has 1 aromatic carbocycles. The number of benzene rings is 1. The van der Waals surface area contributed by atoms with Crippen molar-refractivity contribution in [3.8, 4) is 0 Å². The Morgan fingerprint density at radius 1 is 1.21 bits per heavy atom. The third-order valence-corrected chi connectivity index (χ3v) is 3.37. The number of aromatic nitrogens is 2. The number of hydrogen-bond donors (Lipinski definition) is 0. The van der Waals surface area contributed by atoms with Crippen molar-refractivity contribution >= 4 is 5.69 Å². The molecule has 0 atom stereocenters. The van der Waals surface area contributed by atoms with E-state index in [0.717, 1.165) is 31.7 Å². The van der Waals surface area contributed by atoms with E-state index >= 15 is 0 Å². The van der Waals surface area contributed by atoms with Gasteiger partial charge in [-0.3, -0.25) is 19.7 Å². The Morgan fingerprint density at radius 2 is 2.00 bits per heavy atom. The molecular formula is C13H14N4O2. The van der Waals surface area contributed by atoms with Gasteiger partial charge in [-0.2, -0.15) is 5.10 Å². The molecule has 0 N–H and O–H groups in total. The number of nitro benzene ring substituents is 1. The predicted octanol–water partition coefficient (Wildman–Crippen LogP) is 1.81. The van der Waals surface area contributed by atoms with Crippen LogP contribution in [0.1, 0.15) is 11.3 Å². The molecule has 0 radical (unpaired) electrons. The molecule has 2 heterocycles. The maximum absolute atomic E-state index is 10.6. The summed E-state index contributed by atoms with van der Waals surface area (Å²) in [6.45, 7) is 3.53. The van der Waals surface area contributed by atoms with E-state index in [-0.39, 0.29) is 10.6 Å². The highest BCUT2D eigenvalue weighted by Gasteiger charge is 2.16.